The molecule has 2 aromatic heterocycles. The van der Waals surface area contributed by atoms with Crippen LogP contribution in [0.1, 0.15) is 33.2 Å². The summed E-state index contributed by atoms with van der Waals surface area (Å²) in [6.07, 6.45) is 1.45. The van der Waals surface area contributed by atoms with Gasteiger partial charge in [-0.25, -0.2) is 0 Å². The molecule has 1 atom stereocenters. The van der Waals surface area contributed by atoms with Crippen LogP contribution in [0.2, 0.25) is 0 Å². The number of nitrogens with two attached hydrogens (primary N) is 1. The van der Waals surface area contributed by atoms with Crippen molar-refractivity contribution in [3.63, 3.8) is 0 Å². The number of rotatable bonds is 3. The fourth-order valence-corrected chi connectivity index (χ4v) is 2.66. The molecule has 0 fully saturated rings. The number of aryl methyl sites for hydroxylation is 1. The molecule has 0 spiro atoms. The van der Waals surface area contributed by atoms with Gasteiger partial charge < -0.3 is 10.6 Å². The predicted octanol–water partition coefficient (Wildman–Crippen LogP) is 2.20. The molecule has 1 unspecified atom stereocenters. The Balaban J connectivity index is 2.19. The Morgan fingerprint density at radius 3 is 2.78 bits per heavy atom. The van der Waals surface area contributed by atoms with E-state index in [9.17, 15) is 4.79 Å². The first-order chi connectivity index (χ1) is 8.50. The number of nitrogens with one attached hydrogen (secondary N) is 1. The molecule has 5 nitrogen and oxygen atoms in total. The second-order valence-electron chi connectivity index (χ2n) is 4.24. The topological polar surface area (TPSA) is 75.0 Å². The van der Waals surface area contributed by atoms with E-state index >= 15 is 0 Å². The number of hydrogen-bond donors (Lipinski definition) is 2. The van der Waals surface area contributed by atoms with Gasteiger partial charge in [-0.1, -0.05) is 0 Å². The summed E-state index contributed by atoms with van der Waals surface area (Å²) in [6, 6.07) is 4.11. The van der Waals surface area contributed by atoms with Crippen molar-refractivity contribution in [3.8, 4) is 0 Å². The van der Waals surface area contributed by atoms with E-state index in [1.165, 1.54) is 11.1 Å². The van der Waals surface area contributed by atoms with Gasteiger partial charge in [-0.3, -0.25) is 9.89 Å². The Bertz CT molecular complexity index is 560. The first-order valence-electron chi connectivity index (χ1n) is 5.63. The number of H-pyrrole nitrogens is 1. The summed E-state index contributed by atoms with van der Waals surface area (Å²) in [5.74, 6) is -0.149. The van der Waals surface area contributed by atoms with E-state index in [-0.39, 0.29) is 11.9 Å². The van der Waals surface area contributed by atoms with E-state index in [1.807, 2.05) is 13.0 Å². The van der Waals surface area contributed by atoms with Gasteiger partial charge in [0, 0.05) is 16.8 Å². The number of hydrogen-bond acceptors (Lipinski definition) is 4. The third kappa shape index (κ3) is 2.24. The molecule has 1 amide bonds. The number of carbonyl (C=O) groups is 1. The quantitative estimate of drug-likeness (QED) is 0.892. The number of thiophene rings is 1. The summed E-state index contributed by atoms with van der Waals surface area (Å²) in [5, 5.41) is 6.40. The summed E-state index contributed by atoms with van der Waals surface area (Å²) in [5.41, 5.74) is 6.40. The lowest BCUT2D eigenvalue weighted by Crippen LogP contribution is -2.30. The van der Waals surface area contributed by atoms with Crippen LogP contribution < -0.4 is 5.73 Å². The molecular weight excluding hydrogens is 248 g/mol. The Hall–Kier alpha value is -1.82. The minimum absolute atomic E-state index is 0.0129. The number of nitrogen functional groups attached to an aromatic ring is 1. The maximum Gasteiger partial charge on any atom is 0.274 e. The van der Waals surface area contributed by atoms with E-state index in [4.69, 9.17) is 5.73 Å². The van der Waals surface area contributed by atoms with Crippen molar-refractivity contribution in [2.45, 2.75) is 19.9 Å². The Labute approximate surface area is 110 Å². The lowest BCUT2D eigenvalue weighted by Gasteiger charge is -2.23. The van der Waals surface area contributed by atoms with Gasteiger partial charge in [0.05, 0.1) is 17.9 Å². The van der Waals surface area contributed by atoms with Crippen LogP contribution in [0.4, 0.5) is 5.69 Å². The van der Waals surface area contributed by atoms with Gasteiger partial charge in [0.25, 0.3) is 5.91 Å². The third-order valence-corrected chi connectivity index (χ3v) is 4.13. The van der Waals surface area contributed by atoms with E-state index < -0.39 is 0 Å². The molecule has 96 valence electrons. The molecule has 0 aliphatic rings. The van der Waals surface area contributed by atoms with Crippen LogP contribution in [0.5, 0.6) is 0 Å². The zero-order valence-electron chi connectivity index (χ0n) is 10.6. The highest BCUT2D eigenvalue weighted by atomic mass is 32.1. The summed E-state index contributed by atoms with van der Waals surface area (Å²) in [4.78, 5) is 16.3. The molecule has 2 heterocycles. The maximum atomic E-state index is 12.2. The van der Waals surface area contributed by atoms with E-state index in [1.54, 1.807) is 23.3 Å². The molecule has 0 saturated heterocycles. The van der Waals surface area contributed by atoms with Crippen molar-refractivity contribution < 1.29 is 4.79 Å². The van der Waals surface area contributed by atoms with Crippen LogP contribution in [0, 0.1) is 6.92 Å². The van der Waals surface area contributed by atoms with Crippen LogP contribution in [0.15, 0.2) is 18.3 Å². The van der Waals surface area contributed by atoms with Gasteiger partial charge in [0.1, 0.15) is 5.69 Å². The second kappa shape index (κ2) is 4.81. The highest BCUT2D eigenvalue weighted by Gasteiger charge is 2.22. The van der Waals surface area contributed by atoms with Crippen molar-refractivity contribution in [1.29, 1.82) is 0 Å². The van der Waals surface area contributed by atoms with Crippen molar-refractivity contribution in [2.75, 3.05) is 12.8 Å². The Morgan fingerprint density at radius 1 is 1.56 bits per heavy atom. The number of carbonyl (C=O) groups excluding carboxylic acids is 1. The second-order valence-corrected chi connectivity index (χ2v) is 5.56. The highest BCUT2D eigenvalue weighted by Crippen LogP contribution is 2.27. The zero-order valence-corrected chi connectivity index (χ0v) is 11.4. The van der Waals surface area contributed by atoms with Crippen molar-refractivity contribution in [3.05, 3.63) is 33.8 Å². The molecule has 0 aromatic carbocycles. The number of anilines is 1. The Kier molecular flexibility index (Phi) is 3.38. The molecule has 2 rings (SSSR count). The van der Waals surface area contributed by atoms with Crippen molar-refractivity contribution in [1.82, 2.24) is 15.1 Å². The van der Waals surface area contributed by atoms with Crippen LogP contribution in [0.3, 0.4) is 0 Å². The molecule has 0 aliphatic carbocycles. The van der Waals surface area contributed by atoms with Crippen LogP contribution in [-0.4, -0.2) is 28.1 Å². The monoisotopic (exact) mass is 264 g/mol. The first-order valence-corrected chi connectivity index (χ1v) is 6.44. The molecule has 0 saturated carbocycles. The zero-order chi connectivity index (χ0) is 13.3. The number of aromatic amines is 1. The summed E-state index contributed by atoms with van der Waals surface area (Å²) in [7, 11) is 1.77. The molecule has 6 heteroatoms. The largest absolute Gasteiger partial charge is 0.396 e. The standard InChI is InChI=1S/C12H16N4OS/c1-7-4-5-10(18-7)8(2)16(3)12(17)11-9(13)6-14-15-11/h4-6,8H,13H2,1-3H3,(H,14,15). The average Bonchev–Trinajstić information content (AvgIpc) is 2.95. The van der Waals surface area contributed by atoms with Gasteiger partial charge in [-0.05, 0) is 26.0 Å². The predicted molar refractivity (Wildman–Crippen MR) is 72.6 cm³/mol. The van der Waals surface area contributed by atoms with Crippen molar-refractivity contribution in [2.24, 2.45) is 0 Å². The lowest BCUT2D eigenvalue weighted by atomic mass is 10.2. The van der Waals surface area contributed by atoms with E-state index in [2.05, 4.69) is 23.2 Å². The van der Waals surface area contributed by atoms with E-state index in [0.717, 1.165) is 4.88 Å². The molecular formula is C12H16N4OS. The molecule has 3 N–H and O–H groups in total. The minimum atomic E-state index is -0.149. The summed E-state index contributed by atoms with van der Waals surface area (Å²) >= 11 is 1.69. The molecule has 0 radical (unpaired) electrons. The van der Waals surface area contributed by atoms with Gasteiger partial charge in [-0.2, -0.15) is 5.10 Å². The Morgan fingerprint density at radius 2 is 2.28 bits per heavy atom. The number of nitrogens with zero attached hydrogens (tertiary/aromatic N) is 2. The van der Waals surface area contributed by atoms with Crippen LogP contribution in [0.25, 0.3) is 0 Å². The van der Waals surface area contributed by atoms with Gasteiger partial charge >= 0.3 is 0 Å². The van der Waals surface area contributed by atoms with Crippen molar-refractivity contribution >= 4 is 22.9 Å². The van der Waals surface area contributed by atoms with E-state index in [0.29, 0.717) is 11.4 Å². The fraction of sp³-hybridized carbons (Fsp3) is 0.333. The highest BCUT2D eigenvalue weighted by molar-refractivity contribution is 7.12. The normalized spacial score (nSPS) is 12.4. The molecule has 2 aromatic rings. The summed E-state index contributed by atoms with van der Waals surface area (Å²) < 4.78 is 0. The third-order valence-electron chi connectivity index (χ3n) is 2.96. The van der Waals surface area contributed by atoms with Crippen LogP contribution >= 0.6 is 11.3 Å². The van der Waals surface area contributed by atoms with Gasteiger partial charge in [0.2, 0.25) is 0 Å². The van der Waals surface area contributed by atoms with Crippen LogP contribution in [-0.2, 0) is 0 Å². The molecule has 0 aliphatic heterocycles. The summed E-state index contributed by atoms with van der Waals surface area (Å²) in [6.45, 7) is 4.05. The number of aromatic nitrogens is 2. The minimum Gasteiger partial charge on any atom is -0.396 e. The SMILES string of the molecule is Cc1ccc(C(C)N(C)C(=O)c2[nH]ncc2N)s1. The lowest BCUT2D eigenvalue weighted by molar-refractivity contribution is 0.0740. The average molecular weight is 264 g/mol. The van der Waals surface area contributed by atoms with Gasteiger partial charge in [-0.15, -0.1) is 11.3 Å². The number of amides is 1. The molecule has 18 heavy (non-hydrogen) atoms. The first kappa shape index (κ1) is 12.6. The maximum absolute atomic E-state index is 12.2. The smallest absolute Gasteiger partial charge is 0.274 e. The van der Waals surface area contributed by atoms with Gasteiger partial charge in [0.15, 0.2) is 0 Å². The fourth-order valence-electron chi connectivity index (χ4n) is 1.69. The molecule has 0 bridgehead atoms.